The van der Waals surface area contributed by atoms with Crippen LogP contribution in [0.25, 0.3) is 0 Å². The fourth-order valence-corrected chi connectivity index (χ4v) is 2.18. The minimum Gasteiger partial charge on any atom is -0.476 e. The molecule has 0 atom stereocenters. The molecule has 2 aromatic rings. The maximum absolute atomic E-state index is 11.6. The molecule has 0 spiro atoms. The van der Waals surface area contributed by atoms with E-state index in [1.54, 1.807) is 5.38 Å². The van der Waals surface area contributed by atoms with Crippen molar-refractivity contribution in [1.82, 2.24) is 14.5 Å². The second kappa shape index (κ2) is 4.76. The Kier molecular flexibility index (Phi) is 3.34. The molecule has 0 bridgehead atoms. The lowest BCUT2D eigenvalue weighted by atomic mass is 10.4. The van der Waals surface area contributed by atoms with Gasteiger partial charge in [-0.1, -0.05) is 0 Å². The second-order valence-electron chi connectivity index (χ2n) is 3.12. The molecule has 2 aromatic heterocycles. The van der Waals surface area contributed by atoms with E-state index in [0.717, 1.165) is 11.3 Å². The summed E-state index contributed by atoms with van der Waals surface area (Å²) in [6.45, 7) is 0.203. The number of thiazole rings is 1. The molecule has 2 heterocycles. The maximum atomic E-state index is 11.6. The van der Waals surface area contributed by atoms with E-state index in [9.17, 15) is 9.59 Å². The number of carboxylic acid groups (broad SMARTS) is 1. The average Bonchev–Trinajstić information content (AvgIpc) is 2.73. The van der Waals surface area contributed by atoms with Crippen LogP contribution >= 0.6 is 27.3 Å². The third-order valence-corrected chi connectivity index (χ3v) is 3.35. The summed E-state index contributed by atoms with van der Waals surface area (Å²) in [5, 5.41) is 10.3. The van der Waals surface area contributed by atoms with Gasteiger partial charge in [0, 0.05) is 11.6 Å². The van der Waals surface area contributed by atoms with E-state index in [1.807, 2.05) is 0 Å². The Labute approximate surface area is 108 Å². The van der Waals surface area contributed by atoms with Gasteiger partial charge in [-0.25, -0.2) is 14.8 Å². The van der Waals surface area contributed by atoms with Crippen molar-refractivity contribution in [3.05, 3.63) is 43.4 Å². The number of nitrogens with zero attached hydrogens (tertiary/aromatic N) is 3. The third kappa shape index (κ3) is 2.59. The molecule has 0 radical (unpaired) electrons. The molecule has 0 saturated carbocycles. The molecule has 0 aliphatic carbocycles. The fraction of sp³-hybridized carbons (Fsp3) is 0.111. The highest BCUT2D eigenvalue weighted by Crippen LogP contribution is 2.10. The van der Waals surface area contributed by atoms with E-state index in [-0.39, 0.29) is 17.1 Å². The number of hydrogen-bond acceptors (Lipinski definition) is 5. The van der Waals surface area contributed by atoms with Crippen LogP contribution < -0.4 is 5.56 Å². The van der Waals surface area contributed by atoms with Crippen LogP contribution in [0, 0.1) is 0 Å². The topological polar surface area (TPSA) is 85.1 Å². The van der Waals surface area contributed by atoms with E-state index in [1.165, 1.54) is 17.1 Å². The highest BCUT2D eigenvalue weighted by atomic mass is 79.9. The van der Waals surface area contributed by atoms with Crippen LogP contribution in [0.2, 0.25) is 0 Å². The summed E-state index contributed by atoms with van der Waals surface area (Å²) in [4.78, 5) is 30.0. The van der Waals surface area contributed by atoms with Crippen molar-refractivity contribution in [2.45, 2.75) is 6.54 Å². The van der Waals surface area contributed by atoms with Crippen LogP contribution in [0.5, 0.6) is 0 Å². The first-order valence-electron chi connectivity index (χ1n) is 4.45. The summed E-state index contributed by atoms with van der Waals surface area (Å²) in [7, 11) is 0. The van der Waals surface area contributed by atoms with Gasteiger partial charge in [-0.2, -0.15) is 0 Å². The predicted molar refractivity (Wildman–Crippen MR) is 64.4 cm³/mol. The van der Waals surface area contributed by atoms with E-state index >= 15 is 0 Å². The van der Waals surface area contributed by atoms with Crippen LogP contribution in [0.4, 0.5) is 0 Å². The number of carboxylic acids is 1. The van der Waals surface area contributed by atoms with Crippen LogP contribution in [0.15, 0.2) is 27.2 Å². The minimum absolute atomic E-state index is 0.0102. The average molecular weight is 316 g/mol. The van der Waals surface area contributed by atoms with Crippen LogP contribution in [-0.4, -0.2) is 25.6 Å². The van der Waals surface area contributed by atoms with Gasteiger partial charge in [0.2, 0.25) is 5.01 Å². The summed E-state index contributed by atoms with van der Waals surface area (Å²) in [6.07, 6.45) is 2.79. The summed E-state index contributed by atoms with van der Waals surface area (Å²) in [5.41, 5.74) is 0.291. The first-order chi connectivity index (χ1) is 8.08. The van der Waals surface area contributed by atoms with Gasteiger partial charge in [0.05, 0.1) is 18.6 Å². The molecule has 8 heteroatoms. The van der Waals surface area contributed by atoms with E-state index in [0.29, 0.717) is 10.2 Å². The molecular formula is C9H6BrN3O3S. The van der Waals surface area contributed by atoms with Gasteiger partial charge in [0.25, 0.3) is 5.56 Å². The Morgan fingerprint density at radius 2 is 2.35 bits per heavy atom. The van der Waals surface area contributed by atoms with Gasteiger partial charge in [-0.15, -0.1) is 11.3 Å². The lowest BCUT2D eigenvalue weighted by Crippen LogP contribution is -2.21. The lowest BCUT2D eigenvalue weighted by molar-refractivity contribution is 0.0696. The zero-order chi connectivity index (χ0) is 12.4. The third-order valence-electron chi connectivity index (χ3n) is 1.93. The van der Waals surface area contributed by atoms with Gasteiger partial charge >= 0.3 is 5.97 Å². The van der Waals surface area contributed by atoms with Crippen molar-refractivity contribution < 1.29 is 9.90 Å². The molecule has 0 aliphatic heterocycles. The molecule has 88 valence electrons. The Bertz CT molecular complexity index is 622. The molecule has 17 heavy (non-hydrogen) atoms. The normalized spacial score (nSPS) is 10.4. The molecular weight excluding hydrogens is 310 g/mol. The zero-order valence-corrected chi connectivity index (χ0v) is 10.7. The number of halogens is 1. The molecule has 0 amide bonds. The molecule has 0 fully saturated rings. The van der Waals surface area contributed by atoms with Gasteiger partial charge in [0.1, 0.15) is 4.47 Å². The van der Waals surface area contributed by atoms with Crippen molar-refractivity contribution in [2.24, 2.45) is 0 Å². The van der Waals surface area contributed by atoms with E-state index in [2.05, 4.69) is 25.9 Å². The van der Waals surface area contributed by atoms with Crippen molar-refractivity contribution in [3.8, 4) is 0 Å². The van der Waals surface area contributed by atoms with Crippen LogP contribution in [-0.2, 0) is 6.54 Å². The van der Waals surface area contributed by atoms with Gasteiger partial charge in [-0.05, 0) is 15.9 Å². The Balaban J connectivity index is 2.28. The molecule has 0 aromatic carbocycles. The van der Waals surface area contributed by atoms with Crippen molar-refractivity contribution >= 4 is 33.2 Å². The molecule has 6 nitrogen and oxygen atoms in total. The number of aromatic carboxylic acids is 1. The largest absolute Gasteiger partial charge is 0.476 e. The Morgan fingerprint density at radius 3 is 3.00 bits per heavy atom. The second-order valence-corrected chi connectivity index (χ2v) is 4.84. The Hall–Kier alpha value is -1.54. The van der Waals surface area contributed by atoms with Crippen LogP contribution in [0.1, 0.15) is 15.5 Å². The van der Waals surface area contributed by atoms with Crippen LogP contribution in [0.3, 0.4) is 0 Å². The first-order valence-corrected chi connectivity index (χ1v) is 6.13. The molecule has 1 N–H and O–H groups in total. The van der Waals surface area contributed by atoms with Crippen molar-refractivity contribution in [3.63, 3.8) is 0 Å². The monoisotopic (exact) mass is 315 g/mol. The number of aromatic nitrogens is 3. The highest BCUT2D eigenvalue weighted by molar-refractivity contribution is 9.10. The maximum Gasteiger partial charge on any atom is 0.365 e. The number of rotatable bonds is 3. The summed E-state index contributed by atoms with van der Waals surface area (Å²) < 4.78 is 1.71. The Morgan fingerprint density at radius 1 is 1.59 bits per heavy atom. The summed E-state index contributed by atoms with van der Waals surface area (Å²) in [6, 6.07) is 0. The smallest absolute Gasteiger partial charge is 0.365 e. The predicted octanol–water partition coefficient (Wildman–Crippen LogP) is 1.21. The molecule has 0 unspecified atom stereocenters. The SMILES string of the molecule is O=C(O)c1nc(Cn2cncc(Br)c2=O)cs1. The first kappa shape index (κ1) is 11.9. The summed E-state index contributed by atoms with van der Waals surface area (Å²) in [5.74, 6) is -1.07. The highest BCUT2D eigenvalue weighted by Gasteiger charge is 2.10. The lowest BCUT2D eigenvalue weighted by Gasteiger charge is -2.01. The van der Waals surface area contributed by atoms with Crippen molar-refractivity contribution in [1.29, 1.82) is 0 Å². The number of carbonyl (C=O) groups is 1. The zero-order valence-electron chi connectivity index (χ0n) is 8.33. The van der Waals surface area contributed by atoms with Gasteiger partial charge in [-0.3, -0.25) is 9.36 Å². The van der Waals surface area contributed by atoms with E-state index in [4.69, 9.17) is 5.11 Å². The van der Waals surface area contributed by atoms with E-state index < -0.39 is 5.97 Å². The summed E-state index contributed by atoms with van der Waals surface area (Å²) >= 11 is 4.11. The molecule has 2 rings (SSSR count). The molecule has 0 aliphatic rings. The minimum atomic E-state index is -1.07. The number of hydrogen-bond donors (Lipinski definition) is 1. The molecule has 0 saturated heterocycles. The van der Waals surface area contributed by atoms with Crippen molar-refractivity contribution in [2.75, 3.05) is 0 Å². The fourth-order valence-electron chi connectivity index (χ4n) is 1.19. The standard InChI is InChI=1S/C9H6BrN3O3S/c10-6-1-11-4-13(8(6)14)2-5-3-17-7(12-5)9(15)16/h1,3-4H,2H2,(H,15,16). The quantitative estimate of drug-likeness (QED) is 0.920. The van der Waals surface area contributed by atoms with Gasteiger partial charge < -0.3 is 5.11 Å². The van der Waals surface area contributed by atoms with Gasteiger partial charge in [0.15, 0.2) is 0 Å².